The fraction of sp³-hybridized carbons (Fsp3) is 0.222. The van der Waals surface area contributed by atoms with Crippen molar-refractivity contribution in [2.75, 3.05) is 0 Å². The van der Waals surface area contributed by atoms with Gasteiger partial charge in [-0.05, 0) is 31.2 Å². The molecule has 0 aromatic heterocycles. The summed E-state index contributed by atoms with van der Waals surface area (Å²) in [5.41, 5.74) is 5.40. The Bertz CT molecular complexity index is 324. The van der Waals surface area contributed by atoms with Crippen LogP contribution in [0.15, 0.2) is 24.3 Å². The zero-order chi connectivity index (χ0) is 10.6. The van der Waals surface area contributed by atoms with Crippen LogP contribution in [0.5, 0.6) is 5.75 Å². The summed E-state index contributed by atoms with van der Waals surface area (Å²) < 4.78 is 5.38. The number of amidine groups is 1. The molecule has 0 aliphatic carbocycles. The Kier molecular flexibility index (Phi) is 3.59. The first-order valence-corrected chi connectivity index (χ1v) is 4.46. The van der Waals surface area contributed by atoms with E-state index >= 15 is 0 Å². The molecule has 1 unspecified atom stereocenters. The van der Waals surface area contributed by atoms with Crippen molar-refractivity contribution in [1.82, 2.24) is 0 Å². The van der Waals surface area contributed by atoms with Crippen molar-refractivity contribution in [3.8, 4) is 5.75 Å². The molecule has 1 aromatic rings. The number of benzene rings is 1. The first-order chi connectivity index (χ1) is 6.63. The highest BCUT2D eigenvalue weighted by molar-refractivity contribution is 6.30. The van der Waals surface area contributed by atoms with Crippen molar-refractivity contribution in [2.24, 2.45) is 5.73 Å². The monoisotopic (exact) mass is 215 g/mol. The molecule has 0 aliphatic heterocycles. The Hall–Kier alpha value is -1.42. The molecule has 0 saturated carbocycles. The fourth-order valence-electron chi connectivity index (χ4n) is 0.872. The lowest BCUT2D eigenvalue weighted by molar-refractivity contribution is -0.739. The second-order valence-corrected chi connectivity index (χ2v) is 3.22. The molecule has 14 heavy (non-hydrogen) atoms. The van der Waals surface area contributed by atoms with Gasteiger partial charge in [-0.25, -0.2) is 0 Å². The number of ether oxygens (including phenoxy) is 1. The summed E-state index contributed by atoms with van der Waals surface area (Å²) in [5.74, 6) is 0.792. The standard InChI is InChI=1S/C9H11ClN2O2/c1-6(9(11)12-13)14-8-4-2-7(10)3-5-8/h2-6,13H,1H3,(H2,11,12)/p+1. The number of hydrogen-bond acceptors (Lipinski definition) is 2. The first-order valence-electron chi connectivity index (χ1n) is 4.08. The summed E-state index contributed by atoms with van der Waals surface area (Å²) in [6.07, 6.45) is -0.416. The van der Waals surface area contributed by atoms with Crippen LogP contribution in [0.1, 0.15) is 6.92 Å². The normalized spacial score (nSPS) is 13.7. The van der Waals surface area contributed by atoms with Crippen molar-refractivity contribution in [1.29, 1.82) is 0 Å². The van der Waals surface area contributed by atoms with Gasteiger partial charge in [-0.3, -0.25) is 5.73 Å². The number of rotatable bonds is 3. The SMILES string of the molecule is CC(Oc1ccc(Cl)cc1)C(N)=[NH+]O. The summed E-state index contributed by atoms with van der Waals surface area (Å²) in [6, 6.07) is 6.88. The molecule has 0 radical (unpaired) electrons. The Balaban J connectivity index is 2.65. The lowest BCUT2D eigenvalue weighted by Crippen LogP contribution is -2.74. The minimum atomic E-state index is -0.416. The minimum Gasteiger partial charge on any atom is -0.478 e. The highest BCUT2D eigenvalue weighted by atomic mass is 35.5. The average molecular weight is 216 g/mol. The zero-order valence-electron chi connectivity index (χ0n) is 7.70. The third-order valence-electron chi connectivity index (χ3n) is 1.69. The molecule has 0 fully saturated rings. The molecule has 5 heteroatoms. The summed E-state index contributed by atoms with van der Waals surface area (Å²) in [5, 5.41) is 11.0. The van der Waals surface area contributed by atoms with Crippen LogP contribution in [0.25, 0.3) is 0 Å². The van der Waals surface area contributed by atoms with Crippen LogP contribution in [0.4, 0.5) is 0 Å². The summed E-state index contributed by atoms with van der Waals surface area (Å²) in [4.78, 5) is 0. The second kappa shape index (κ2) is 4.72. The van der Waals surface area contributed by atoms with E-state index in [0.29, 0.717) is 10.8 Å². The van der Waals surface area contributed by atoms with E-state index < -0.39 is 6.10 Å². The van der Waals surface area contributed by atoms with E-state index in [1.807, 2.05) is 5.16 Å². The summed E-state index contributed by atoms with van der Waals surface area (Å²) >= 11 is 5.70. The van der Waals surface area contributed by atoms with E-state index in [4.69, 9.17) is 27.3 Å². The maximum Gasteiger partial charge on any atom is 0.320 e. The van der Waals surface area contributed by atoms with Crippen molar-refractivity contribution in [3.05, 3.63) is 29.3 Å². The molecular weight excluding hydrogens is 204 g/mol. The molecule has 0 aliphatic rings. The third kappa shape index (κ3) is 2.81. The van der Waals surface area contributed by atoms with E-state index in [1.54, 1.807) is 31.2 Å². The second-order valence-electron chi connectivity index (χ2n) is 2.78. The van der Waals surface area contributed by atoms with Gasteiger partial charge < -0.3 is 9.94 Å². The third-order valence-corrected chi connectivity index (χ3v) is 1.95. The van der Waals surface area contributed by atoms with Gasteiger partial charge in [-0.1, -0.05) is 16.8 Å². The molecule has 1 aromatic carbocycles. The Labute approximate surface area is 86.9 Å². The fourth-order valence-corrected chi connectivity index (χ4v) is 0.998. The van der Waals surface area contributed by atoms with E-state index in [1.165, 1.54) is 0 Å². The largest absolute Gasteiger partial charge is 0.478 e. The smallest absolute Gasteiger partial charge is 0.320 e. The van der Waals surface area contributed by atoms with Gasteiger partial charge in [-0.2, -0.15) is 0 Å². The van der Waals surface area contributed by atoms with Gasteiger partial charge >= 0.3 is 5.84 Å². The molecule has 1 atom stereocenters. The van der Waals surface area contributed by atoms with Gasteiger partial charge in [0.15, 0.2) is 6.10 Å². The quantitative estimate of drug-likeness (QED) is 0.286. The molecule has 4 N–H and O–H groups in total. The molecule has 0 amide bonds. The van der Waals surface area contributed by atoms with E-state index in [2.05, 4.69) is 0 Å². The van der Waals surface area contributed by atoms with Crippen molar-refractivity contribution >= 4 is 17.4 Å². The average Bonchev–Trinajstić information content (AvgIpc) is 2.20. The van der Waals surface area contributed by atoms with Gasteiger partial charge in [0.2, 0.25) is 0 Å². The molecule has 4 nitrogen and oxygen atoms in total. The number of nitrogens with one attached hydrogen (secondary N) is 1. The summed E-state index contributed by atoms with van der Waals surface area (Å²) in [6.45, 7) is 1.72. The van der Waals surface area contributed by atoms with Gasteiger partial charge in [0, 0.05) is 5.02 Å². The Morgan fingerprint density at radius 2 is 2.07 bits per heavy atom. The highest BCUT2D eigenvalue weighted by Gasteiger charge is 2.13. The zero-order valence-corrected chi connectivity index (χ0v) is 8.45. The van der Waals surface area contributed by atoms with Gasteiger partial charge in [0.1, 0.15) is 5.75 Å². The van der Waals surface area contributed by atoms with Gasteiger partial charge in [-0.15, -0.1) is 0 Å². The van der Waals surface area contributed by atoms with Crippen LogP contribution < -0.4 is 15.6 Å². The molecule has 76 valence electrons. The van der Waals surface area contributed by atoms with Crippen molar-refractivity contribution < 1.29 is 15.1 Å². The van der Waals surface area contributed by atoms with E-state index in [0.717, 1.165) is 0 Å². The van der Waals surface area contributed by atoms with Gasteiger partial charge in [0.25, 0.3) is 0 Å². The van der Waals surface area contributed by atoms with E-state index in [-0.39, 0.29) is 5.84 Å². The van der Waals surface area contributed by atoms with Gasteiger partial charge in [0.05, 0.1) is 0 Å². The van der Waals surface area contributed by atoms with Crippen molar-refractivity contribution in [3.63, 3.8) is 0 Å². The van der Waals surface area contributed by atoms with Crippen LogP contribution in [-0.2, 0) is 0 Å². The molecule has 0 heterocycles. The molecule has 1 rings (SSSR count). The summed E-state index contributed by atoms with van der Waals surface area (Å²) in [7, 11) is 0. The number of nitrogens with two attached hydrogens (primary N) is 1. The van der Waals surface area contributed by atoms with Crippen molar-refractivity contribution in [2.45, 2.75) is 13.0 Å². The minimum absolute atomic E-state index is 0.153. The van der Waals surface area contributed by atoms with Crippen LogP contribution in [0, 0.1) is 0 Å². The van der Waals surface area contributed by atoms with Crippen LogP contribution >= 0.6 is 11.6 Å². The molecule has 0 bridgehead atoms. The number of halogens is 1. The number of hydrogen-bond donors (Lipinski definition) is 3. The van der Waals surface area contributed by atoms with Crippen LogP contribution in [-0.4, -0.2) is 17.1 Å². The molecule has 0 spiro atoms. The van der Waals surface area contributed by atoms with Crippen LogP contribution in [0.3, 0.4) is 0 Å². The molecule has 0 saturated heterocycles. The predicted octanol–water partition coefficient (Wildman–Crippen LogP) is -0.0657. The topological polar surface area (TPSA) is 69.5 Å². The van der Waals surface area contributed by atoms with E-state index in [9.17, 15) is 0 Å². The van der Waals surface area contributed by atoms with Crippen LogP contribution in [0.2, 0.25) is 5.02 Å². The lowest BCUT2D eigenvalue weighted by Gasteiger charge is -2.09. The first kappa shape index (κ1) is 10.7. The maximum atomic E-state index is 8.51. The molecular formula is C9H12ClN2O2+. The lowest BCUT2D eigenvalue weighted by atomic mass is 10.3. The predicted molar refractivity (Wildman–Crippen MR) is 53.5 cm³/mol. The maximum absolute atomic E-state index is 8.51. The Morgan fingerprint density at radius 3 is 2.57 bits per heavy atom. The Morgan fingerprint density at radius 1 is 1.50 bits per heavy atom. The highest BCUT2D eigenvalue weighted by Crippen LogP contribution is 2.16.